The van der Waals surface area contributed by atoms with Gasteiger partial charge in [0.15, 0.2) is 0 Å². The minimum Gasteiger partial charge on any atom is -0.380 e. The lowest BCUT2D eigenvalue weighted by molar-refractivity contribution is 0.0834. The summed E-state index contributed by atoms with van der Waals surface area (Å²) in [5.74, 6) is 0. The minimum atomic E-state index is 0.253. The van der Waals surface area contributed by atoms with Crippen LogP contribution in [0.1, 0.15) is 33.6 Å². The van der Waals surface area contributed by atoms with Crippen LogP contribution >= 0.6 is 0 Å². The van der Waals surface area contributed by atoms with E-state index in [1.54, 1.807) is 7.11 Å². The highest BCUT2D eigenvalue weighted by atomic mass is 16.5. The zero-order chi connectivity index (χ0) is 10.3. The van der Waals surface area contributed by atoms with Crippen molar-refractivity contribution in [1.29, 1.82) is 0 Å². The van der Waals surface area contributed by atoms with E-state index in [-0.39, 0.29) is 6.10 Å². The molecule has 0 spiro atoms. The molecule has 0 saturated heterocycles. The van der Waals surface area contributed by atoms with E-state index in [9.17, 15) is 0 Å². The molecule has 0 fully saturated rings. The highest BCUT2D eigenvalue weighted by molar-refractivity contribution is 4.97. The highest BCUT2D eigenvalue weighted by Gasteiger charge is 2.15. The summed E-state index contributed by atoms with van der Waals surface area (Å²) in [6.07, 6.45) is 2.32. The molecule has 0 aromatic heterocycles. The number of hydrogen-bond acceptors (Lipinski definition) is 2. The summed E-state index contributed by atoms with van der Waals surface area (Å²) in [6, 6.07) is 0.405. The second-order valence-corrected chi connectivity index (χ2v) is 3.41. The third-order valence-corrected chi connectivity index (χ3v) is 2.41. The molecule has 0 aliphatic heterocycles. The van der Waals surface area contributed by atoms with Gasteiger partial charge in [-0.15, -0.1) is 0 Å². The summed E-state index contributed by atoms with van der Waals surface area (Å²) in [5.41, 5.74) is 1.29. The van der Waals surface area contributed by atoms with Crippen molar-refractivity contribution < 1.29 is 4.74 Å². The molecule has 0 bridgehead atoms. The standard InChI is InChI=1S/C11H23NO/c1-6-9(3)8-11(12-7-2)10(4)13-5/h10-12H,3,6-8H2,1-2,4-5H3. The van der Waals surface area contributed by atoms with Crippen LogP contribution in [0.15, 0.2) is 12.2 Å². The quantitative estimate of drug-likeness (QED) is 0.615. The molecule has 2 unspecified atom stereocenters. The van der Waals surface area contributed by atoms with Crippen molar-refractivity contribution in [3.8, 4) is 0 Å². The zero-order valence-electron chi connectivity index (χ0n) is 9.39. The summed E-state index contributed by atoms with van der Waals surface area (Å²) in [5, 5.41) is 3.41. The van der Waals surface area contributed by atoms with Crippen molar-refractivity contribution in [3.05, 3.63) is 12.2 Å². The van der Waals surface area contributed by atoms with Gasteiger partial charge in [-0.2, -0.15) is 0 Å². The maximum absolute atomic E-state index is 5.31. The van der Waals surface area contributed by atoms with Crippen LogP contribution in [0.5, 0.6) is 0 Å². The van der Waals surface area contributed by atoms with Crippen molar-refractivity contribution in [2.75, 3.05) is 13.7 Å². The first kappa shape index (κ1) is 12.7. The van der Waals surface area contributed by atoms with E-state index in [1.807, 2.05) is 0 Å². The van der Waals surface area contributed by atoms with Crippen LogP contribution in [0.25, 0.3) is 0 Å². The highest BCUT2D eigenvalue weighted by Crippen LogP contribution is 2.11. The smallest absolute Gasteiger partial charge is 0.0699 e. The first-order valence-electron chi connectivity index (χ1n) is 5.08. The van der Waals surface area contributed by atoms with Gasteiger partial charge >= 0.3 is 0 Å². The second kappa shape index (κ2) is 7.10. The number of nitrogens with one attached hydrogen (secondary N) is 1. The maximum atomic E-state index is 5.31. The lowest BCUT2D eigenvalue weighted by atomic mass is 10.0. The molecule has 0 aliphatic rings. The van der Waals surface area contributed by atoms with Gasteiger partial charge in [-0.3, -0.25) is 0 Å². The number of likely N-dealkylation sites (N-methyl/N-ethyl adjacent to an activating group) is 1. The third-order valence-electron chi connectivity index (χ3n) is 2.41. The zero-order valence-corrected chi connectivity index (χ0v) is 9.39. The van der Waals surface area contributed by atoms with Gasteiger partial charge in [-0.25, -0.2) is 0 Å². The minimum absolute atomic E-state index is 0.253. The van der Waals surface area contributed by atoms with Gasteiger partial charge in [0.2, 0.25) is 0 Å². The Morgan fingerprint density at radius 1 is 1.46 bits per heavy atom. The first-order valence-corrected chi connectivity index (χ1v) is 5.08. The molecule has 1 N–H and O–H groups in total. The molecule has 2 heteroatoms. The van der Waals surface area contributed by atoms with E-state index in [1.165, 1.54) is 5.57 Å². The molecule has 0 rings (SSSR count). The second-order valence-electron chi connectivity index (χ2n) is 3.41. The Balaban J connectivity index is 4.00. The fourth-order valence-electron chi connectivity index (χ4n) is 1.29. The summed E-state index contributed by atoms with van der Waals surface area (Å²) < 4.78 is 5.31. The van der Waals surface area contributed by atoms with Gasteiger partial charge in [0.05, 0.1) is 6.10 Å². The summed E-state index contributed by atoms with van der Waals surface area (Å²) in [7, 11) is 1.75. The van der Waals surface area contributed by atoms with Gasteiger partial charge in [0, 0.05) is 13.2 Å². The average molecular weight is 185 g/mol. The van der Waals surface area contributed by atoms with E-state index < -0.39 is 0 Å². The molecule has 78 valence electrons. The van der Waals surface area contributed by atoms with Crippen LogP contribution < -0.4 is 5.32 Å². The fourth-order valence-corrected chi connectivity index (χ4v) is 1.29. The van der Waals surface area contributed by atoms with Crippen molar-refractivity contribution >= 4 is 0 Å². The summed E-state index contributed by atoms with van der Waals surface area (Å²) in [6.45, 7) is 11.3. The molecule has 0 saturated carbocycles. The molecular formula is C11H23NO. The van der Waals surface area contributed by atoms with E-state index in [0.29, 0.717) is 6.04 Å². The molecule has 0 aliphatic carbocycles. The van der Waals surface area contributed by atoms with E-state index in [4.69, 9.17) is 4.74 Å². The largest absolute Gasteiger partial charge is 0.380 e. The lowest BCUT2D eigenvalue weighted by Gasteiger charge is -2.24. The number of methoxy groups -OCH3 is 1. The van der Waals surface area contributed by atoms with Gasteiger partial charge in [0.1, 0.15) is 0 Å². The Kier molecular flexibility index (Phi) is 6.92. The van der Waals surface area contributed by atoms with Crippen LogP contribution in [0.2, 0.25) is 0 Å². The molecule has 2 nitrogen and oxygen atoms in total. The Hall–Kier alpha value is -0.340. The normalized spacial score (nSPS) is 15.4. The molecule has 2 atom stereocenters. The number of ether oxygens (including phenoxy) is 1. The van der Waals surface area contributed by atoms with Crippen molar-refractivity contribution in [2.45, 2.75) is 45.8 Å². The van der Waals surface area contributed by atoms with E-state index >= 15 is 0 Å². The molecule has 0 aromatic carbocycles. The predicted octanol–water partition coefficient (Wildman–Crippen LogP) is 2.36. The van der Waals surface area contributed by atoms with Gasteiger partial charge in [-0.05, 0) is 26.3 Å². The van der Waals surface area contributed by atoms with Crippen LogP contribution in [-0.4, -0.2) is 25.8 Å². The van der Waals surface area contributed by atoms with Crippen LogP contribution in [-0.2, 0) is 4.74 Å². The van der Waals surface area contributed by atoms with Crippen molar-refractivity contribution in [3.63, 3.8) is 0 Å². The molecular weight excluding hydrogens is 162 g/mol. The third kappa shape index (κ3) is 5.06. The average Bonchev–Trinajstić information content (AvgIpc) is 2.15. The predicted molar refractivity (Wildman–Crippen MR) is 58.0 cm³/mol. The Bertz CT molecular complexity index is 145. The van der Waals surface area contributed by atoms with Crippen molar-refractivity contribution in [1.82, 2.24) is 5.32 Å². The topological polar surface area (TPSA) is 21.3 Å². The SMILES string of the molecule is C=C(CC)CC(NCC)C(C)OC. The molecule has 0 amide bonds. The van der Waals surface area contributed by atoms with Crippen LogP contribution in [0.4, 0.5) is 0 Å². The molecule has 13 heavy (non-hydrogen) atoms. The Labute approximate surface area is 82.4 Å². The first-order chi connectivity index (χ1) is 6.15. The monoisotopic (exact) mass is 185 g/mol. The van der Waals surface area contributed by atoms with Crippen molar-refractivity contribution in [2.24, 2.45) is 0 Å². The molecule has 0 radical (unpaired) electrons. The van der Waals surface area contributed by atoms with E-state index in [2.05, 4.69) is 32.7 Å². The molecule has 0 aromatic rings. The van der Waals surface area contributed by atoms with Crippen LogP contribution in [0, 0.1) is 0 Å². The summed E-state index contributed by atoms with van der Waals surface area (Å²) >= 11 is 0. The van der Waals surface area contributed by atoms with Gasteiger partial charge in [-0.1, -0.05) is 26.0 Å². The maximum Gasteiger partial charge on any atom is 0.0699 e. The number of hydrogen-bond donors (Lipinski definition) is 1. The Morgan fingerprint density at radius 3 is 2.46 bits per heavy atom. The lowest BCUT2D eigenvalue weighted by Crippen LogP contribution is -2.39. The fraction of sp³-hybridized carbons (Fsp3) is 0.818. The van der Waals surface area contributed by atoms with Crippen LogP contribution in [0.3, 0.4) is 0 Å². The number of rotatable bonds is 7. The Morgan fingerprint density at radius 2 is 2.08 bits per heavy atom. The summed E-state index contributed by atoms with van der Waals surface area (Å²) in [4.78, 5) is 0. The van der Waals surface area contributed by atoms with Gasteiger partial charge < -0.3 is 10.1 Å². The van der Waals surface area contributed by atoms with Gasteiger partial charge in [0.25, 0.3) is 0 Å². The van der Waals surface area contributed by atoms with E-state index in [0.717, 1.165) is 19.4 Å². The molecule has 0 heterocycles.